The number of para-hydroxylation sites is 1. The van der Waals surface area contributed by atoms with Gasteiger partial charge in [0.1, 0.15) is 17.4 Å². The number of carbonyl (C=O) groups excluding carboxylic acids is 2. The zero-order chi connectivity index (χ0) is 17.8. The van der Waals surface area contributed by atoms with Crippen molar-refractivity contribution in [1.82, 2.24) is 5.43 Å². The highest BCUT2D eigenvalue weighted by molar-refractivity contribution is 14.1. The lowest BCUT2D eigenvalue weighted by atomic mass is 10.1. The van der Waals surface area contributed by atoms with E-state index in [4.69, 9.17) is 10.00 Å². The van der Waals surface area contributed by atoms with Crippen molar-refractivity contribution in [1.29, 1.82) is 5.26 Å². The molecular weight excluding hydrogens is 433 g/mol. The third kappa shape index (κ3) is 3.64. The van der Waals surface area contributed by atoms with Crippen LogP contribution in [0.3, 0.4) is 0 Å². The molecule has 0 radical (unpaired) electrons. The Balaban J connectivity index is 1.86. The van der Waals surface area contributed by atoms with Gasteiger partial charge in [-0.3, -0.25) is 15.0 Å². The van der Waals surface area contributed by atoms with Crippen molar-refractivity contribution in [2.45, 2.75) is 0 Å². The highest BCUT2D eigenvalue weighted by Crippen LogP contribution is 2.25. The van der Waals surface area contributed by atoms with Gasteiger partial charge in [-0.1, -0.05) is 24.3 Å². The van der Waals surface area contributed by atoms with E-state index < -0.39 is 11.8 Å². The lowest BCUT2D eigenvalue weighted by molar-refractivity contribution is -0.117. The number of nitrogens with one attached hydrogen (secondary N) is 1. The monoisotopic (exact) mass is 445 g/mol. The van der Waals surface area contributed by atoms with E-state index in [0.29, 0.717) is 17.0 Å². The SMILES string of the molecule is N#CCOc1ccc(/C=C2/C(=O)NN(c3ccccc3)C2=O)cc1I. The standard InChI is InChI=1S/C18H12IN3O3/c19-15-11-12(6-7-16(15)25-9-8-20)10-14-17(23)21-22(18(14)24)13-4-2-1-3-5-13/h1-7,10-11H,9H2,(H,21,23)/b14-10-. The van der Waals surface area contributed by atoms with Gasteiger partial charge in [-0.05, 0) is 58.5 Å². The van der Waals surface area contributed by atoms with Crippen LogP contribution < -0.4 is 15.2 Å². The zero-order valence-electron chi connectivity index (χ0n) is 12.9. The predicted molar refractivity (Wildman–Crippen MR) is 100 cm³/mol. The Morgan fingerprint density at radius 1 is 1.20 bits per heavy atom. The summed E-state index contributed by atoms with van der Waals surface area (Å²) in [5.41, 5.74) is 3.91. The Hall–Kier alpha value is -2.86. The van der Waals surface area contributed by atoms with Crippen LogP contribution in [0.2, 0.25) is 0 Å². The van der Waals surface area contributed by atoms with Gasteiger partial charge < -0.3 is 4.74 Å². The lowest BCUT2D eigenvalue weighted by Gasteiger charge is -2.13. The van der Waals surface area contributed by atoms with Crippen LogP contribution in [0.25, 0.3) is 6.08 Å². The van der Waals surface area contributed by atoms with Crippen molar-refractivity contribution < 1.29 is 14.3 Å². The molecule has 0 unspecified atom stereocenters. The smallest absolute Gasteiger partial charge is 0.282 e. The highest BCUT2D eigenvalue weighted by Gasteiger charge is 2.34. The molecule has 124 valence electrons. The first kappa shape index (κ1) is 17.0. The topological polar surface area (TPSA) is 82.4 Å². The van der Waals surface area contributed by atoms with Gasteiger partial charge in [-0.25, -0.2) is 5.01 Å². The van der Waals surface area contributed by atoms with E-state index in [1.54, 1.807) is 42.5 Å². The number of rotatable bonds is 4. The van der Waals surface area contributed by atoms with Crippen LogP contribution in [0.1, 0.15) is 5.56 Å². The number of carbonyl (C=O) groups is 2. The fourth-order valence-electron chi connectivity index (χ4n) is 2.32. The molecular formula is C18H12IN3O3. The molecule has 2 aromatic rings. The Labute approximate surface area is 157 Å². The summed E-state index contributed by atoms with van der Waals surface area (Å²) < 4.78 is 6.07. The van der Waals surface area contributed by atoms with Crippen LogP contribution in [0.5, 0.6) is 5.75 Å². The number of amides is 2. The Morgan fingerprint density at radius 3 is 2.64 bits per heavy atom. The maximum atomic E-state index is 12.5. The summed E-state index contributed by atoms with van der Waals surface area (Å²) in [6, 6.07) is 16.0. The quantitative estimate of drug-likeness (QED) is 0.446. The van der Waals surface area contributed by atoms with E-state index in [9.17, 15) is 9.59 Å². The minimum Gasteiger partial charge on any atom is -0.478 e. The number of benzene rings is 2. The average Bonchev–Trinajstić information content (AvgIpc) is 2.90. The van der Waals surface area contributed by atoms with Crippen LogP contribution in [0, 0.1) is 14.9 Å². The summed E-state index contributed by atoms with van der Waals surface area (Å²) in [6.07, 6.45) is 1.54. The molecule has 1 heterocycles. The van der Waals surface area contributed by atoms with Crippen LogP contribution in [0.15, 0.2) is 54.1 Å². The number of hydrazine groups is 1. The number of halogens is 1. The number of anilines is 1. The average molecular weight is 445 g/mol. The molecule has 1 fully saturated rings. The molecule has 0 aliphatic carbocycles. The number of ether oxygens (including phenoxy) is 1. The molecule has 6 nitrogen and oxygen atoms in total. The van der Waals surface area contributed by atoms with E-state index in [2.05, 4.69) is 28.0 Å². The summed E-state index contributed by atoms with van der Waals surface area (Å²) in [5.74, 6) is -0.276. The molecule has 7 heteroatoms. The van der Waals surface area contributed by atoms with E-state index in [1.165, 1.54) is 11.1 Å². The van der Waals surface area contributed by atoms with Crippen molar-refractivity contribution >= 4 is 46.2 Å². The molecule has 1 N–H and O–H groups in total. The number of hydrogen-bond acceptors (Lipinski definition) is 4. The molecule has 0 bridgehead atoms. The third-order valence-corrected chi connectivity index (χ3v) is 4.31. The van der Waals surface area contributed by atoms with E-state index >= 15 is 0 Å². The first-order valence-corrected chi connectivity index (χ1v) is 8.39. The summed E-state index contributed by atoms with van der Waals surface area (Å²) >= 11 is 2.08. The maximum absolute atomic E-state index is 12.5. The first-order chi connectivity index (χ1) is 12.1. The van der Waals surface area contributed by atoms with E-state index in [-0.39, 0.29) is 12.2 Å². The second-order valence-corrected chi connectivity index (χ2v) is 6.27. The Morgan fingerprint density at radius 2 is 1.96 bits per heavy atom. The van der Waals surface area contributed by atoms with Crippen LogP contribution in [0.4, 0.5) is 5.69 Å². The minimum atomic E-state index is -0.450. The molecule has 1 saturated heterocycles. The molecule has 1 aliphatic heterocycles. The molecule has 0 atom stereocenters. The molecule has 3 rings (SSSR count). The number of hydrogen-bond donors (Lipinski definition) is 1. The summed E-state index contributed by atoms with van der Waals surface area (Å²) in [5, 5.41) is 9.79. The summed E-state index contributed by atoms with van der Waals surface area (Å²) in [4.78, 5) is 24.7. The van der Waals surface area contributed by atoms with Crippen molar-refractivity contribution in [3.05, 3.63) is 63.2 Å². The molecule has 25 heavy (non-hydrogen) atoms. The summed E-state index contributed by atoms with van der Waals surface area (Å²) in [6.45, 7) is -0.0383. The Bertz CT molecular complexity index is 904. The molecule has 2 amide bonds. The van der Waals surface area contributed by atoms with Crippen molar-refractivity contribution in [2.24, 2.45) is 0 Å². The van der Waals surface area contributed by atoms with Crippen LogP contribution >= 0.6 is 22.6 Å². The van der Waals surface area contributed by atoms with Crippen molar-refractivity contribution in [2.75, 3.05) is 11.6 Å². The van der Waals surface area contributed by atoms with Crippen molar-refractivity contribution in [3.63, 3.8) is 0 Å². The molecule has 0 saturated carbocycles. The second kappa shape index (κ2) is 7.36. The largest absolute Gasteiger partial charge is 0.478 e. The second-order valence-electron chi connectivity index (χ2n) is 5.11. The lowest BCUT2D eigenvalue weighted by Crippen LogP contribution is -2.35. The highest BCUT2D eigenvalue weighted by atomic mass is 127. The van der Waals surface area contributed by atoms with Gasteiger partial charge in [0.25, 0.3) is 11.8 Å². The summed E-state index contributed by atoms with van der Waals surface area (Å²) in [7, 11) is 0. The van der Waals surface area contributed by atoms with Gasteiger partial charge in [0, 0.05) is 0 Å². The van der Waals surface area contributed by atoms with Gasteiger partial charge in [0.2, 0.25) is 0 Å². The van der Waals surface area contributed by atoms with E-state index in [1.807, 2.05) is 12.1 Å². The minimum absolute atomic E-state index is 0.0383. The van der Waals surface area contributed by atoms with Gasteiger partial charge >= 0.3 is 0 Å². The van der Waals surface area contributed by atoms with Gasteiger partial charge in [0.15, 0.2) is 6.61 Å². The molecule has 0 aromatic heterocycles. The fourth-order valence-corrected chi connectivity index (χ4v) is 3.01. The zero-order valence-corrected chi connectivity index (χ0v) is 15.1. The molecule has 2 aromatic carbocycles. The van der Waals surface area contributed by atoms with Crippen LogP contribution in [-0.2, 0) is 9.59 Å². The Kier molecular flexibility index (Phi) is 5.00. The number of nitriles is 1. The van der Waals surface area contributed by atoms with Gasteiger partial charge in [0.05, 0.1) is 9.26 Å². The van der Waals surface area contributed by atoms with Gasteiger partial charge in [-0.2, -0.15) is 5.26 Å². The number of nitrogens with zero attached hydrogens (tertiary/aromatic N) is 2. The maximum Gasteiger partial charge on any atom is 0.282 e. The van der Waals surface area contributed by atoms with E-state index in [0.717, 1.165) is 3.57 Å². The van der Waals surface area contributed by atoms with Crippen molar-refractivity contribution in [3.8, 4) is 11.8 Å². The molecule has 0 spiro atoms. The third-order valence-electron chi connectivity index (χ3n) is 3.47. The van der Waals surface area contributed by atoms with Gasteiger partial charge in [-0.15, -0.1) is 0 Å². The van der Waals surface area contributed by atoms with Crippen LogP contribution in [-0.4, -0.2) is 18.4 Å². The normalized spacial score (nSPS) is 15.2. The fraction of sp³-hybridized carbons (Fsp3) is 0.0556. The first-order valence-electron chi connectivity index (χ1n) is 7.31. The molecule has 1 aliphatic rings. The predicted octanol–water partition coefficient (Wildman–Crippen LogP) is 2.65.